The van der Waals surface area contributed by atoms with Gasteiger partial charge in [-0.15, -0.1) is 0 Å². The van der Waals surface area contributed by atoms with E-state index in [-0.39, 0.29) is 12.4 Å². The number of ether oxygens (including phenoxy) is 2. The molecule has 0 unspecified atom stereocenters. The number of benzene rings is 2. The van der Waals surface area contributed by atoms with E-state index in [0.717, 1.165) is 5.56 Å². The van der Waals surface area contributed by atoms with Crippen molar-refractivity contribution in [3.63, 3.8) is 0 Å². The first-order valence-electron chi connectivity index (χ1n) is 6.22. The molecule has 2 aromatic carbocycles. The third-order valence-corrected chi connectivity index (χ3v) is 2.86. The maximum atomic E-state index is 11.6. The molecule has 4 heteroatoms. The number of carbonyl (C=O) groups excluding carboxylic acids is 1. The molecule has 0 aromatic heterocycles. The highest BCUT2D eigenvalue weighted by Gasteiger charge is 2.12. The summed E-state index contributed by atoms with van der Waals surface area (Å²) in [5, 5.41) is 9.50. The number of rotatable bonds is 5. The SMILES string of the molecule is COC(=O)c1ccc(O)cc1COCc1ccccc1. The van der Waals surface area contributed by atoms with E-state index in [9.17, 15) is 9.90 Å². The van der Waals surface area contributed by atoms with Crippen molar-refractivity contribution in [3.05, 3.63) is 65.2 Å². The highest BCUT2D eigenvalue weighted by molar-refractivity contribution is 5.91. The van der Waals surface area contributed by atoms with Crippen LogP contribution in [-0.2, 0) is 22.7 Å². The number of phenolic OH excluding ortho intramolecular Hbond substituents is 1. The topological polar surface area (TPSA) is 55.8 Å². The van der Waals surface area contributed by atoms with E-state index in [0.29, 0.717) is 17.7 Å². The number of methoxy groups -OCH3 is 1. The molecular weight excluding hydrogens is 256 g/mol. The van der Waals surface area contributed by atoms with Gasteiger partial charge in [-0.25, -0.2) is 4.79 Å². The Labute approximate surface area is 117 Å². The zero-order valence-electron chi connectivity index (χ0n) is 11.2. The smallest absolute Gasteiger partial charge is 0.338 e. The molecular formula is C16H16O4. The summed E-state index contributed by atoms with van der Waals surface area (Å²) in [7, 11) is 1.32. The van der Waals surface area contributed by atoms with E-state index in [1.165, 1.54) is 25.3 Å². The van der Waals surface area contributed by atoms with E-state index in [1.54, 1.807) is 0 Å². The fourth-order valence-electron chi connectivity index (χ4n) is 1.86. The molecule has 104 valence electrons. The summed E-state index contributed by atoms with van der Waals surface area (Å²) in [5.74, 6) is -0.348. The van der Waals surface area contributed by atoms with Gasteiger partial charge in [-0.1, -0.05) is 30.3 Å². The Morgan fingerprint density at radius 2 is 1.85 bits per heavy atom. The molecule has 0 bridgehead atoms. The second kappa shape index (κ2) is 6.73. The Balaban J connectivity index is 2.05. The van der Waals surface area contributed by atoms with Gasteiger partial charge >= 0.3 is 5.97 Å². The third-order valence-electron chi connectivity index (χ3n) is 2.86. The summed E-state index contributed by atoms with van der Waals surface area (Å²) in [4.78, 5) is 11.6. The van der Waals surface area contributed by atoms with Gasteiger partial charge < -0.3 is 14.6 Å². The molecule has 0 atom stereocenters. The van der Waals surface area contributed by atoms with Gasteiger partial charge in [0.2, 0.25) is 0 Å². The predicted molar refractivity (Wildman–Crippen MR) is 74.4 cm³/mol. The molecule has 0 saturated heterocycles. The molecule has 0 amide bonds. The number of aromatic hydroxyl groups is 1. The van der Waals surface area contributed by atoms with Crippen LogP contribution < -0.4 is 0 Å². The highest BCUT2D eigenvalue weighted by Crippen LogP contribution is 2.19. The highest BCUT2D eigenvalue weighted by atomic mass is 16.5. The van der Waals surface area contributed by atoms with Gasteiger partial charge in [-0.3, -0.25) is 0 Å². The van der Waals surface area contributed by atoms with E-state index in [4.69, 9.17) is 9.47 Å². The number of carbonyl (C=O) groups is 1. The Morgan fingerprint density at radius 1 is 1.10 bits per heavy atom. The predicted octanol–water partition coefficient (Wildman–Crippen LogP) is 2.90. The van der Waals surface area contributed by atoms with Crippen LogP contribution in [0.5, 0.6) is 5.75 Å². The van der Waals surface area contributed by atoms with Crippen LogP contribution >= 0.6 is 0 Å². The Bertz CT molecular complexity index is 578. The number of hydrogen-bond donors (Lipinski definition) is 1. The van der Waals surface area contributed by atoms with Crippen molar-refractivity contribution in [1.29, 1.82) is 0 Å². The monoisotopic (exact) mass is 272 g/mol. The Morgan fingerprint density at radius 3 is 2.55 bits per heavy atom. The fraction of sp³-hybridized carbons (Fsp3) is 0.188. The van der Waals surface area contributed by atoms with Gasteiger partial charge in [-0.05, 0) is 29.3 Å². The normalized spacial score (nSPS) is 10.2. The van der Waals surface area contributed by atoms with Crippen molar-refractivity contribution in [2.75, 3.05) is 7.11 Å². The molecule has 0 aliphatic rings. The maximum Gasteiger partial charge on any atom is 0.338 e. The molecule has 4 nitrogen and oxygen atoms in total. The van der Waals surface area contributed by atoms with E-state index in [1.807, 2.05) is 30.3 Å². The molecule has 2 aromatic rings. The molecule has 1 N–H and O–H groups in total. The van der Waals surface area contributed by atoms with E-state index in [2.05, 4.69) is 0 Å². The first kappa shape index (κ1) is 14.1. The lowest BCUT2D eigenvalue weighted by molar-refractivity contribution is 0.0590. The molecule has 0 heterocycles. The minimum absolute atomic E-state index is 0.0935. The van der Waals surface area contributed by atoms with Gasteiger partial charge in [0.05, 0.1) is 25.9 Å². The zero-order chi connectivity index (χ0) is 14.4. The second-order valence-corrected chi connectivity index (χ2v) is 4.31. The summed E-state index contributed by atoms with van der Waals surface area (Å²) >= 11 is 0. The van der Waals surface area contributed by atoms with Gasteiger partial charge in [0.25, 0.3) is 0 Å². The van der Waals surface area contributed by atoms with Crippen molar-refractivity contribution in [1.82, 2.24) is 0 Å². The molecule has 0 spiro atoms. The van der Waals surface area contributed by atoms with E-state index >= 15 is 0 Å². The van der Waals surface area contributed by atoms with Crippen molar-refractivity contribution >= 4 is 5.97 Å². The van der Waals surface area contributed by atoms with Crippen molar-refractivity contribution in [2.45, 2.75) is 13.2 Å². The average Bonchev–Trinajstić information content (AvgIpc) is 2.48. The summed E-state index contributed by atoms with van der Waals surface area (Å²) in [6.45, 7) is 0.671. The van der Waals surface area contributed by atoms with Crippen LogP contribution in [-0.4, -0.2) is 18.2 Å². The maximum absolute atomic E-state index is 11.6. The molecule has 0 fully saturated rings. The van der Waals surface area contributed by atoms with Crippen molar-refractivity contribution in [2.24, 2.45) is 0 Å². The number of esters is 1. The van der Waals surface area contributed by atoms with Gasteiger partial charge in [0.1, 0.15) is 5.75 Å². The molecule has 2 rings (SSSR count). The lowest BCUT2D eigenvalue weighted by Gasteiger charge is -2.09. The van der Waals surface area contributed by atoms with Crippen molar-refractivity contribution in [3.8, 4) is 5.75 Å². The quantitative estimate of drug-likeness (QED) is 0.850. The van der Waals surface area contributed by atoms with E-state index < -0.39 is 5.97 Å². The largest absolute Gasteiger partial charge is 0.508 e. The standard InChI is InChI=1S/C16H16O4/c1-19-16(18)15-8-7-14(17)9-13(15)11-20-10-12-5-3-2-4-6-12/h2-9,17H,10-11H2,1H3. The first-order chi connectivity index (χ1) is 9.70. The molecule has 20 heavy (non-hydrogen) atoms. The summed E-state index contributed by atoms with van der Waals surface area (Å²) < 4.78 is 10.3. The zero-order valence-corrected chi connectivity index (χ0v) is 11.2. The van der Waals surface area contributed by atoms with Crippen LogP contribution in [0.25, 0.3) is 0 Å². The van der Waals surface area contributed by atoms with Crippen LogP contribution in [0.1, 0.15) is 21.5 Å². The molecule has 0 aliphatic heterocycles. The van der Waals surface area contributed by atoms with Crippen molar-refractivity contribution < 1.29 is 19.4 Å². The second-order valence-electron chi connectivity index (χ2n) is 4.31. The minimum atomic E-state index is -0.441. The fourth-order valence-corrected chi connectivity index (χ4v) is 1.86. The number of hydrogen-bond acceptors (Lipinski definition) is 4. The summed E-state index contributed by atoms with van der Waals surface area (Å²) in [6, 6.07) is 14.2. The Hall–Kier alpha value is -2.33. The Kier molecular flexibility index (Phi) is 4.74. The van der Waals surface area contributed by atoms with Gasteiger partial charge in [-0.2, -0.15) is 0 Å². The van der Waals surface area contributed by atoms with Crippen LogP contribution in [0.3, 0.4) is 0 Å². The summed E-state index contributed by atoms with van der Waals surface area (Å²) in [6.07, 6.45) is 0. The van der Waals surface area contributed by atoms with Crippen LogP contribution in [0, 0.1) is 0 Å². The first-order valence-corrected chi connectivity index (χ1v) is 6.22. The third kappa shape index (κ3) is 3.59. The van der Waals surface area contributed by atoms with Crippen LogP contribution in [0.15, 0.2) is 48.5 Å². The average molecular weight is 272 g/mol. The molecule has 0 saturated carbocycles. The van der Waals surface area contributed by atoms with Crippen LogP contribution in [0.4, 0.5) is 0 Å². The molecule has 0 radical (unpaired) electrons. The van der Waals surface area contributed by atoms with Crippen LogP contribution in [0.2, 0.25) is 0 Å². The van der Waals surface area contributed by atoms with Gasteiger partial charge in [0.15, 0.2) is 0 Å². The molecule has 0 aliphatic carbocycles. The number of phenols is 1. The minimum Gasteiger partial charge on any atom is -0.508 e. The summed E-state index contributed by atoms with van der Waals surface area (Å²) in [5.41, 5.74) is 2.05. The van der Waals surface area contributed by atoms with Gasteiger partial charge in [0, 0.05) is 0 Å². The lowest BCUT2D eigenvalue weighted by atomic mass is 10.1. The lowest BCUT2D eigenvalue weighted by Crippen LogP contribution is -2.07.